The van der Waals surface area contributed by atoms with Crippen molar-refractivity contribution in [1.29, 1.82) is 5.26 Å². The maximum Gasteiger partial charge on any atom is 0.0991 e. The first-order valence-corrected chi connectivity index (χ1v) is 6.30. The third-order valence-electron chi connectivity index (χ3n) is 2.47. The lowest BCUT2D eigenvalue weighted by atomic mass is 10.2. The van der Waals surface area contributed by atoms with Crippen LogP contribution in [0.1, 0.15) is 12.5 Å². The molecule has 0 aromatic heterocycles. The van der Waals surface area contributed by atoms with Gasteiger partial charge in [-0.1, -0.05) is 0 Å². The van der Waals surface area contributed by atoms with Gasteiger partial charge >= 0.3 is 0 Å². The SMILES string of the molecule is CSCC(C)N(C)c1ccc(C#N)cc1. The Morgan fingerprint density at radius 2 is 2.00 bits per heavy atom. The highest BCUT2D eigenvalue weighted by Gasteiger charge is 2.08. The predicted molar refractivity (Wildman–Crippen MR) is 67.4 cm³/mol. The van der Waals surface area contributed by atoms with Crippen molar-refractivity contribution < 1.29 is 0 Å². The van der Waals surface area contributed by atoms with Gasteiger partial charge in [0.25, 0.3) is 0 Å². The molecule has 1 atom stereocenters. The lowest BCUT2D eigenvalue weighted by Gasteiger charge is -2.26. The van der Waals surface area contributed by atoms with Gasteiger partial charge < -0.3 is 4.90 Å². The maximum absolute atomic E-state index is 8.69. The molecule has 2 nitrogen and oxygen atoms in total. The number of benzene rings is 1. The van der Waals surface area contributed by atoms with E-state index >= 15 is 0 Å². The van der Waals surface area contributed by atoms with E-state index in [2.05, 4.69) is 31.2 Å². The average Bonchev–Trinajstić information content (AvgIpc) is 2.28. The van der Waals surface area contributed by atoms with E-state index in [1.807, 2.05) is 36.0 Å². The normalized spacial score (nSPS) is 11.9. The Morgan fingerprint density at radius 1 is 1.40 bits per heavy atom. The molecule has 0 bridgehead atoms. The summed E-state index contributed by atoms with van der Waals surface area (Å²) in [4.78, 5) is 2.23. The summed E-state index contributed by atoms with van der Waals surface area (Å²) in [6, 6.07) is 10.3. The highest BCUT2D eigenvalue weighted by molar-refractivity contribution is 7.98. The number of anilines is 1. The maximum atomic E-state index is 8.69. The van der Waals surface area contributed by atoms with Crippen LogP contribution in [0.2, 0.25) is 0 Å². The number of hydrogen-bond acceptors (Lipinski definition) is 3. The van der Waals surface area contributed by atoms with E-state index in [1.54, 1.807) is 0 Å². The van der Waals surface area contributed by atoms with Crippen molar-refractivity contribution in [3.63, 3.8) is 0 Å². The first-order valence-electron chi connectivity index (χ1n) is 4.91. The lowest BCUT2D eigenvalue weighted by Crippen LogP contribution is -2.30. The fourth-order valence-electron chi connectivity index (χ4n) is 1.38. The summed E-state index contributed by atoms with van der Waals surface area (Å²) in [5.74, 6) is 1.11. The topological polar surface area (TPSA) is 27.0 Å². The van der Waals surface area contributed by atoms with Crippen LogP contribution in [0.3, 0.4) is 0 Å². The molecule has 1 unspecified atom stereocenters. The Kier molecular flexibility index (Phi) is 4.51. The second kappa shape index (κ2) is 5.67. The summed E-state index contributed by atoms with van der Waals surface area (Å²) in [5.41, 5.74) is 1.88. The average molecular weight is 220 g/mol. The van der Waals surface area contributed by atoms with Crippen LogP contribution in [-0.2, 0) is 0 Å². The predicted octanol–water partition coefficient (Wildman–Crippen LogP) is 2.75. The van der Waals surface area contributed by atoms with E-state index in [-0.39, 0.29) is 0 Å². The molecule has 0 heterocycles. The largest absolute Gasteiger partial charge is 0.371 e. The molecule has 0 amide bonds. The van der Waals surface area contributed by atoms with E-state index < -0.39 is 0 Å². The zero-order chi connectivity index (χ0) is 11.3. The zero-order valence-electron chi connectivity index (χ0n) is 9.40. The van der Waals surface area contributed by atoms with E-state index in [0.29, 0.717) is 11.6 Å². The van der Waals surface area contributed by atoms with Crippen molar-refractivity contribution in [2.45, 2.75) is 13.0 Å². The number of rotatable bonds is 4. The molecule has 0 saturated carbocycles. The van der Waals surface area contributed by atoms with Crippen molar-refractivity contribution >= 4 is 17.4 Å². The van der Waals surface area contributed by atoms with E-state index in [0.717, 1.165) is 11.4 Å². The summed E-state index contributed by atoms with van der Waals surface area (Å²) in [7, 11) is 2.09. The molecule has 1 aromatic carbocycles. The van der Waals surface area contributed by atoms with Gasteiger partial charge in [-0.25, -0.2) is 0 Å². The van der Waals surface area contributed by atoms with Crippen LogP contribution in [0.15, 0.2) is 24.3 Å². The van der Waals surface area contributed by atoms with Crippen LogP contribution in [0, 0.1) is 11.3 Å². The quantitative estimate of drug-likeness (QED) is 0.780. The van der Waals surface area contributed by atoms with Crippen LogP contribution >= 0.6 is 11.8 Å². The lowest BCUT2D eigenvalue weighted by molar-refractivity contribution is 0.765. The Morgan fingerprint density at radius 3 is 2.47 bits per heavy atom. The van der Waals surface area contributed by atoms with Gasteiger partial charge in [-0.2, -0.15) is 17.0 Å². The van der Waals surface area contributed by atoms with E-state index in [9.17, 15) is 0 Å². The van der Waals surface area contributed by atoms with Crippen LogP contribution in [0.5, 0.6) is 0 Å². The van der Waals surface area contributed by atoms with Crippen molar-refractivity contribution in [3.8, 4) is 6.07 Å². The summed E-state index contributed by atoms with van der Waals surface area (Å²) < 4.78 is 0. The first-order chi connectivity index (χ1) is 7.19. The fourth-order valence-corrected chi connectivity index (χ4v) is 2.08. The Balaban J connectivity index is 2.74. The zero-order valence-corrected chi connectivity index (χ0v) is 10.2. The second-order valence-corrected chi connectivity index (χ2v) is 4.48. The van der Waals surface area contributed by atoms with Gasteiger partial charge in [0.2, 0.25) is 0 Å². The highest BCUT2D eigenvalue weighted by Crippen LogP contribution is 2.17. The molecule has 0 aliphatic rings. The van der Waals surface area contributed by atoms with E-state index in [1.165, 1.54) is 0 Å². The molecule has 0 spiro atoms. The molecule has 0 aliphatic carbocycles. The van der Waals surface area contributed by atoms with Gasteiger partial charge in [-0.3, -0.25) is 0 Å². The van der Waals surface area contributed by atoms with Crippen LogP contribution in [-0.4, -0.2) is 25.1 Å². The van der Waals surface area contributed by atoms with Crippen LogP contribution in [0.25, 0.3) is 0 Å². The third kappa shape index (κ3) is 3.17. The van der Waals surface area contributed by atoms with Crippen molar-refractivity contribution in [2.24, 2.45) is 0 Å². The van der Waals surface area contributed by atoms with Gasteiger partial charge in [-0.05, 0) is 37.4 Å². The van der Waals surface area contributed by atoms with Crippen molar-refractivity contribution in [2.75, 3.05) is 24.0 Å². The molecule has 0 aliphatic heterocycles. The number of thioether (sulfide) groups is 1. The van der Waals surface area contributed by atoms with Gasteiger partial charge in [0.1, 0.15) is 0 Å². The molecule has 80 valence electrons. The highest BCUT2D eigenvalue weighted by atomic mass is 32.2. The molecule has 3 heteroatoms. The van der Waals surface area contributed by atoms with Crippen LogP contribution < -0.4 is 4.90 Å². The Labute approximate surface area is 95.9 Å². The van der Waals surface area contributed by atoms with Crippen molar-refractivity contribution in [1.82, 2.24) is 0 Å². The molecular formula is C12H16N2S. The Bertz CT molecular complexity index is 340. The minimum atomic E-state index is 0.507. The molecule has 1 rings (SSSR count). The molecule has 0 saturated heterocycles. The van der Waals surface area contributed by atoms with Gasteiger partial charge in [0.05, 0.1) is 11.6 Å². The monoisotopic (exact) mass is 220 g/mol. The fraction of sp³-hybridized carbons (Fsp3) is 0.417. The number of hydrogen-bond donors (Lipinski definition) is 0. The molecule has 0 radical (unpaired) electrons. The Hall–Kier alpha value is -1.14. The summed E-state index contributed by atoms with van der Waals surface area (Å²) in [5, 5.41) is 8.69. The molecule has 1 aromatic rings. The first kappa shape index (κ1) is 11.9. The summed E-state index contributed by atoms with van der Waals surface area (Å²) in [6.07, 6.45) is 2.11. The number of nitriles is 1. The summed E-state index contributed by atoms with van der Waals surface area (Å²) in [6.45, 7) is 2.20. The van der Waals surface area contributed by atoms with E-state index in [4.69, 9.17) is 5.26 Å². The van der Waals surface area contributed by atoms with Gasteiger partial charge in [0.15, 0.2) is 0 Å². The summed E-state index contributed by atoms with van der Waals surface area (Å²) >= 11 is 1.85. The molecule has 15 heavy (non-hydrogen) atoms. The molecular weight excluding hydrogens is 204 g/mol. The molecule has 0 fully saturated rings. The third-order valence-corrected chi connectivity index (χ3v) is 3.29. The van der Waals surface area contributed by atoms with Gasteiger partial charge in [-0.15, -0.1) is 0 Å². The van der Waals surface area contributed by atoms with Gasteiger partial charge in [0, 0.05) is 24.5 Å². The second-order valence-electron chi connectivity index (χ2n) is 3.57. The number of nitrogens with zero attached hydrogens (tertiary/aromatic N) is 2. The standard InChI is InChI=1S/C12H16N2S/c1-10(9-15-3)14(2)12-6-4-11(8-13)5-7-12/h4-7,10H,9H2,1-3H3. The van der Waals surface area contributed by atoms with Crippen LogP contribution in [0.4, 0.5) is 5.69 Å². The molecule has 0 N–H and O–H groups in total. The minimum Gasteiger partial charge on any atom is -0.371 e. The smallest absolute Gasteiger partial charge is 0.0991 e. The minimum absolute atomic E-state index is 0.507. The van der Waals surface area contributed by atoms with Crippen molar-refractivity contribution in [3.05, 3.63) is 29.8 Å².